The third kappa shape index (κ3) is 7.18. The average molecular weight is 334 g/mol. The highest BCUT2D eigenvalue weighted by atomic mass is 32.5. The maximum Gasteiger partial charge on any atom is 0.381 e. The molecule has 0 unspecified atom stereocenters. The highest BCUT2D eigenvalue weighted by molar-refractivity contribution is 8.07. The van der Waals surface area contributed by atoms with Gasteiger partial charge >= 0.3 is 6.72 Å². The Morgan fingerprint density at radius 1 is 1.00 bits per heavy atom. The Labute approximate surface area is 131 Å². The SMILES string of the molecule is CCCCCOc1ccc(OP(=S)(OCC)OCC)nn1. The van der Waals surface area contributed by atoms with Gasteiger partial charge in [0.15, 0.2) is 0 Å². The maximum absolute atomic E-state index is 5.53. The summed E-state index contributed by atoms with van der Waals surface area (Å²) in [7, 11) is 0. The summed E-state index contributed by atoms with van der Waals surface area (Å²) in [6, 6.07) is 3.35. The number of unbranched alkanes of at least 4 members (excludes halogenated alkanes) is 2. The molecule has 0 spiro atoms. The number of hydrogen-bond donors (Lipinski definition) is 0. The molecular weight excluding hydrogens is 311 g/mol. The van der Waals surface area contributed by atoms with Crippen LogP contribution < -0.4 is 9.26 Å². The van der Waals surface area contributed by atoms with Gasteiger partial charge in [-0.3, -0.25) is 9.05 Å². The van der Waals surface area contributed by atoms with E-state index in [1.54, 1.807) is 12.1 Å². The van der Waals surface area contributed by atoms with Crippen molar-refractivity contribution in [1.82, 2.24) is 10.2 Å². The van der Waals surface area contributed by atoms with Crippen molar-refractivity contribution in [3.63, 3.8) is 0 Å². The Bertz CT molecular complexity index is 434. The van der Waals surface area contributed by atoms with Gasteiger partial charge in [0.1, 0.15) is 0 Å². The highest BCUT2D eigenvalue weighted by Crippen LogP contribution is 2.49. The van der Waals surface area contributed by atoms with E-state index < -0.39 is 6.72 Å². The third-order valence-electron chi connectivity index (χ3n) is 2.39. The fraction of sp³-hybridized carbons (Fsp3) is 0.692. The first-order valence-corrected chi connectivity index (χ1v) is 9.74. The van der Waals surface area contributed by atoms with Crippen molar-refractivity contribution in [2.45, 2.75) is 40.0 Å². The van der Waals surface area contributed by atoms with Crippen LogP contribution in [-0.2, 0) is 20.9 Å². The molecule has 0 aliphatic rings. The van der Waals surface area contributed by atoms with Crippen molar-refractivity contribution < 1.29 is 18.3 Å². The van der Waals surface area contributed by atoms with Crippen LogP contribution in [0.5, 0.6) is 11.8 Å². The van der Waals surface area contributed by atoms with Crippen LogP contribution in [0.15, 0.2) is 12.1 Å². The standard InChI is InChI=1S/C13H23N2O4PS/c1-4-7-8-11-16-12-9-10-13(15-14-12)19-20(21,17-5-2)18-6-3/h9-10H,4-8,11H2,1-3H3. The quantitative estimate of drug-likeness (QED) is 0.451. The first kappa shape index (κ1) is 18.3. The molecule has 21 heavy (non-hydrogen) atoms. The topological polar surface area (TPSA) is 62.7 Å². The lowest BCUT2D eigenvalue weighted by molar-refractivity contribution is 0.215. The average Bonchev–Trinajstić information content (AvgIpc) is 2.46. The fourth-order valence-corrected chi connectivity index (χ4v) is 3.48. The molecule has 0 saturated carbocycles. The molecule has 0 bridgehead atoms. The number of hydrogen-bond acceptors (Lipinski definition) is 7. The van der Waals surface area contributed by atoms with Gasteiger partial charge in [0.25, 0.3) is 0 Å². The predicted molar refractivity (Wildman–Crippen MR) is 85.2 cm³/mol. The second-order valence-corrected chi connectivity index (χ2v) is 7.07. The van der Waals surface area contributed by atoms with Crippen molar-refractivity contribution >= 4 is 18.5 Å². The largest absolute Gasteiger partial charge is 0.477 e. The maximum atomic E-state index is 5.53. The number of ether oxygens (including phenoxy) is 1. The van der Waals surface area contributed by atoms with Crippen molar-refractivity contribution in [1.29, 1.82) is 0 Å². The van der Waals surface area contributed by atoms with Gasteiger partial charge in [-0.25, -0.2) is 0 Å². The minimum atomic E-state index is -2.80. The minimum Gasteiger partial charge on any atom is -0.477 e. The fourth-order valence-electron chi connectivity index (χ4n) is 1.48. The van der Waals surface area contributed by atoms with E-state index in [-0.39, 0.29) is 5.88 Å². The summed E-state index contributed by atoms with van der Waals surface area (Å²) < 4.78 is 21.8. The molecule has 120 valence electrons. The van der Waals surface area contributed by atoms with E-state index in [1.165, 1.54) is 0 Å². The Morgan fingerprint density at radius 3 is 2.14 bits per heavy atom. The van der Waals surface area contributed by atoms with Crippen LogP contribution >= 0.6 is 6.72 Å². The van der Waals surface area contributed by atoms with Gasteiger partial charge in [-0.1, -0.05) is 19.8 Å². The molecule has 0 aliphatic carbocycles. The lowest BCUT2D eigenvalue weighted by Crippen LogP contribution is -2.04. The van der Waals surface area contributed by atoms with Crippen LogP contribution in [0.1, 0.15) is 40.0 Å². The number of nitrogens with zero attached hydrogens (tertiary/aromatic N) is 2. The smallest absolute Gasteiger partial charge is 0.381 e. The normalized spacial score (nSPS) is 11.4. The molecular formula is C13H23N2O4PS. The van der Waals surface area contributed by atoms with Gasteiger partial charge in [0, 0.05) is 23.9 Å². The van der Waals surface area contributed by atoms with E-state index in [2.05, 4.69) is 17.1 Å². The van der Waals surface area contributed by atoms with Crippen LogP contribution in [0.25, 0.3) is 0 Å². The van der Waals surface area contributed by atoms with Gasteiger partial charge < -0.3 is 9.26 Å². The van der Waals surface area contributed by atoms with E-state index in [9.17, 15) is 0 Å². The predicted octanol–water partition coefficient (Wildman–Crippen LogP) is 3.72. The third-order valence-corrected chi connectivity index (χ3v) is 4.81. The minimum absolute atomic E-state index is 0.279. The molecule has 1 heterocycles. The van der Waals surface area contributed by atoms with Crippen molar-refractivity contribution in [3.05, 3.63) is 12.1 Å². The highest BCUT2D eigenvalue weighted by Gasteiger charge is 2.22. The molecule has 0 N–H and O–H groups in total. The Kier molecular flexibility index (Phi) is 8.76. The van der Waals surface area contributed by atoms with Crippen LogP contribution in [-0.4, -0.2) is 30.0 Å². The number of rotatable bonds is 11. The second kappa shape index (κ2) is 10.1. The molecule has 6 nitrogen and oxygen atoms in total. The van der Waals surface area contributed by atoms with Gasteiger partial charge in [-0.05, 0) is 20.3 Å². The van der Waals surface area contributed by atoms with Crippen LogP contribution in [0.4, 0.5) is 0 Å². The summed E-state index contributed by atoms with van der Waals surface area (Å²) >= 11 is 5.26. The molecule has 1 rings (SSSR count). The molecule has 0 radical (unpaired) electrons. The zero-order valence-corrected chi connectivity index (χ0v) is 14.5. The van der Waals surface area contributed by atoms with Crippen LogP contribution in [0.3, 0.4) is 0 Å². The van der Waals surface area contributed by atoms with E-state index in [1.807, 2.05) is 13.8 Å². The Morgan fingerprint density at radius 2 is 1.62 bits per heavy atom. The van der Waals surface area contributed by atoms with Crippen molar-refractivity contribution in [2.75, 3.05) is 19.8 Å². The second-order valence-electron chi connectivity index (χ2n) is 4.14. The van der Waals surface area contributed by atoms with Gasteiger partial charge in [0.05, 0.1) is 19.8 Å². The van der Waals surface area contributed by atoms with Gasteiger partial charge in [-0.15, -0.1) is 10.2 Å². The van der Waals surface area contributed by atoms with E-state index in [0.717, 1.165) is 19.3 Å². The summed E-state index contributed by atoms with van der Waals surface area (Å²) in [5.74, 6) is 0.751. The molecule has 0 saturated heterocycles. The summed E-state index contributed by atoms with van der Waals surface area (Å²) in [4.78, 5) is 0. The molecule has 8 heteroatoms. The zero-order valence-electron chi connectivity index (χ0n) is 12.8. The lowest BCUT2D eigenvalue weighted by atomic mass is 10.3. The summed E-state index contributed by atoms with van der Waals surface area (Å²) in [6.45, 7) is 4.50. The molecule has 0 aromatic carbocycles. The summed E-state index contributed by atoms with van der Waals surface area (Å²) in [6.07, 6.45) is 3.30. The lowest BCUT2D eigenvalue weighted by Gasteiger charge is -2.19. The molecule has 0 aliphatic heterocycles. The molecule has 1 aromatic rings. The Balaban J connectivity index is 2.54. The van der Waals surface area contributed by atoms with E-state index in [4.69, 9.17) is 30.1 Å². The number of aromatic nitrogens is 2. The van der Waals surface area contributed by atoms with E-state index >= 15 is 0 Å². The first-order chi connectivity index (χ1) is 10.1. The Hall–Kier alpha value is -0.750. The van der Waals surface area contributed by atoms with Crippen LogP contribution in [0, 0.1) is 0 Å². The van der Waals surface area contributed by atoms with Gasteiger partial charge in [0.2, 0.25) is 11.8 Å². The van der Waals surface area contributed by atoms with Crippen molar-refractivity contribution in [2.24, 2.45) is 0 Å². The van der Waals surface area contributed by atoms with Crippen LogP contribution in [0.2, 0.25) is 0 Å². The molecule has 1 aromatic heterocycles. The first-order valence-electron chi connectivity index (χ1n) is 7.18. The monoisotopic (exact) mass is 334 g/mol. The zero-order chi connectivity index (χ0) is 15.6. The van der Waals surface area contributed by atoms with Crippen molar-refractivity contribution in [3.8, 4) is 11.8 Å². The summed E-state index contributed by atoms with van der Waals surface area (Å²) in [5, 5.41) is 7.87. The molecule has 0 atom stereocenters. The van der Waals surface area contributed by atoms with E-state index in [0.29, 0.717) is 25.7 Å². The molecule has 0 fully saturated rings. The molecule has 0 amide bonds. The summed E-state index contributed by atoms with van der Waals surface area (Å²) in [5.41, 5.74) is 0. The van der Waals surface area contributed by atoms with Gasteiger partial charge in [-0.2, -0.15) is 0 Å².